The summed E-state index contributed by atoms with van der Waals surface area (Å²) in [6, 6.07) is 5.85. The van der Waals surface area contributed by atoms with Crippen LogP contribution in [0.3, 0.4) is 0 Å². The molecule has 2 saturated heterocycles. The van der Waals surface area contributed by atoms with E-state index in [2.05, 4.69) is 11.8 Å². The van der Waals surface area contributed by atoms with Crippen LogP contribution in [0, 0.1) is 11.3 Å². The van der Waals surface area contributed by atoms with E-state index in [1.807, 2.05) is 18.2 Å². The van der Waals surface area contributed by atoms with Gasteiger partial charge in [0, 0.05) is 23.5 Å². The molecule has 1 spiro atoms. The van der Waals surface area contributed by atoms with E-state index in [0.29, 0.717) is 22.4 Å². The van der Waals surface area contributed by atoms with Crippen LogP contribution >= 0.6 is 11.6 Å². The molecule has 180 valence electrons. The summed E-state index contributed by atoms with van der Waals surface area (Å²) >= 11 is 6.52. The molecule has 3 fully saturated rings. The van der Waals surface area contributed by atoms with Crippen molar-refractivity contribution in [1.29, 1.82) is 0 Å². The van der Waals surface area contributed by atoms with Gasteiger partial charge in [0.1, 0.15) is 0 Å². The van der Waals surface area contributed by atoms with Crippen molar-refractivity contribution in [1.82, 2.24) is 4.90 Å². The minimum Gasteiger partial charge on any atom is -0.380 e. The van der Waals surface area contributed by atoms with Crippen molar-refractivity contribution in [3.05, 3.63) is 34.3 Å². The molecule has 9 heteroatoms. The van der Waals surface area contributed by atoms with Crippen molar-refractivity contribution in [3.63, 3.8) is 0 Å². The van der Waals surface area contributed by atoms with Gasteiger partial charge >= 0.3 is 6.18 Å². The van der Waals surface area contributed by atoms with Gasteiger partial charge in [-0.1, -0.05) is 30.7 Å². The minimum atomic E-state index is -4.59. The van der Waals surface area contributed by atoms with Crippen LogP contribution in [0.25, 0.3) is 0 Å². The van der Waals surface area contributed by atoms with Crippen LogP contribution in [-0.4, -0.2) is 61.3 Å². The fourth-order valence-electron chi connectivity index (χ4n) is 5.94. The second kappa shape index (κ2) is 8.43. The Morgan fingerprint density at radius 1 is 1.22 bits per heavy atom. The van der Waals surface area contributed by atoms with Crippen LogP contribution in [0.5, 0.6) is 0 Å². The number of likely N-dealkylation sites (tertiary alicyclic amines) is 1. The quantitative estimate of drug-likeness (QED) is 0.651. The van der Waals surface area contributed by atoms with Crippen LogP contribution in [0.4, 0.5) is 13.2 Å². The van der Waals surface area contributed by atoms with Crippen molar-refractivity contribution in [2.24, 2.45) is 11.3 Å². The molecule has 2 aliphatic heterocycles. The number of halogens is 4. The third-order valence-electron chi connectivity index (χ3n) is 7.57. The molecule has 0 radical (unpaired) electrons. The van der Waals surface area contributed by atoms with Crippen LogP contribution in [0.15, 0.2) is 18.2 Å². The standard InChI is InChI=1S/C23H31ClF3NO3S/c1-16(12-28-9-8-21(13-28)14-32(30,31)15-21)10-17-2-3-19(20(24)11-17)18-4-6-22(29,7-5-18)23(25,26)27/h2-3,11,16,18,29H,4-10,12-15H2,1H3/t16-,18-,22+/m1/s1. The molecule has 1 aromatic carbocycles. The highest BCUT2D eigenvalue weighted by atomic mass is 35.5. The fraction of sp³-hybridized carbons (Fsp3) is 0.739. The van der Waals surface area contributed by atoms with E-state index >= 15 is 0 Å². The van der Waals surface area contributed by atoms with Gasteiger partial charge < -0.3 is 10.0 Å². The third-order valence-corrected chi connectivity index (χ3v) is 10.0. The zero-order chi connectivity index (χ0) is 23.4. The highest BCUT2D eigenvalue weighted by Crippen LogP contribution is 2.47. The Kier molecular flexibility index (Phi) is 6.40. The van der Waals surface area contributed by atoms with Crippen molar-refractivity contribution in [3.8, 4) is 0 Å². The van der Waals surface area contributed by atoms with E-state index < -0.39 is 21.6 Å². The number of benzene rings is 1. The van der Waals surface area contributed by atoms with Crippen LogP contribution in [0.2, 0.25) is 5.02 Å². The lowest BCUT2D eigenvalue weighted by Gasteiger charge is -2.37. The minimum absolute atomic E-state index is 0.0260. The van der Waals surface area contributed by atoms with Crippen molar-refractivity contribution < 1.29 is 26.7 Å². The summed E-state index contributed by atoms with van der Waals surface area (Å²) in [6.07, 6.45) is -2.88. The third kappa shape index (κ3) is 4.98. The summed E-state index contributed by atoms with van der Waals surface area (Å²) in [5.74, 6) is 0.948. The molecule has 32 heavy (non-hydrogen) atoms. The van der Waals surface area contributed by atoms with Gasteiger partial charge in [-0.25, -0.2) is 8.42 Å². The zero-order valence-corrected chi connectivity index (χ0v) is 19.9. The molecular formula is C23H31ClF3NO3S. The van der Waals surface area contributed by atoms with Gasteiger partial charge in [0.25, 0.3) is 0 Å². The lowest BCUT2D eigenvalue weighted by molar-refractivity contribution is -0.270. The molecule has 1 saturated carbocycles. The molecule has 0 amide bonds. The number of rotatable bonds is 5. The number of sulfone groups is 1. The van der Waals surface area contributed by atoms with Crippen LogP contribution < -0.4 is 0 Å². The first-order valence-corrected chi connectivity index (χ1v) is 13.5. The molecule has 1 aromatic rings. The smallest absolute Gasteiger partial charge is 0.380 e. The summed E-state index contributed by atoms with van der Waals surface area (Å²) in [6.45, 7) is 4.86. The first-order chi connectivity index (χ1) is 14.8. The average Bonchev–Trinajstić information content (AvgIpc) is 3.03. The van der Waals surface area contributed by atoms with E-state index in [0.717, 1.165) is 43.6 Å². The SMILES string of the molecule is C[C@H](Cc1ccc([C@H]2CC[C@](O)(C(F)(F)F)CC2)c(Cl)c1)CN1CCC2(C1)CS(=O)(=O)C2. The molecule has 0 unspecified atom stereocenters. The molecule has 0 aromatic heterocycles. The van der Waals surface area contributed by atoms with Crippen LogP contribution in [0.1, 0.15) is 56.1 Å². The number of hydrogen-bond acceptors (Lipinski definition) is 4. The van der Waals surface area contributed by atoms with E-state index in [9.17, 15) is 26.7 Å². The molecule has 1 atom stereocenters. The predicted molar refractivity (Wildman–Crippen MR) is 119 cm³/mol. The topological polar surface area (TPSA) is 57.6 Å². The number of alkyl halides is 3. The van der Waals surface area contributed by atoms with E-state index in [1.54, 1.807) is 0 Å². The highest BCUT2D eigenvalue weighted by Gasteiger charge is 2.55. The second-order valence-electron chi connectivity index (χ2n) is 10.5. The lowest BCUT2D eigenvalue weighted by Crippen LogP contribution is -2.50. The van der Waals surface area contributed by atoms with Gasteiger partial charge in [0.15, 0.2) is 15.4 Å². The van der Waals surface area contributed by atoms with Gasteiger partial charge in [0.2, 0.25) is 0 Å². The summed E-state index contributed by atoms with van der Waals surface area (Å²) < 4.78 is 62.3. The van der Waals surface area contributed by atoms with Gasteiger partial charge in [-0.3, -0.25) is 0 Å². The Bertz CT molecular complexity index is 946. The normalized spacial score (nSPS) is 30.9. The largest absolute Gasteiger partial charge is 0.417 e. The van der Waals surface area contributed by atoms with E-state index in [-0.39, 0.29) is 37.0 Å². The molecule has 1 aliphatic carbocycles. The van der Waals surface area contributed by atoms with E-state index in [1.165, 1.54) is 0 Å². The maximum absolute atomic E-state index is 13.0. The van der Waals surface area contributed by atoms with Crippen LogP contribution in [-0.2, 0) is 16.3 Å². The number of aliphatic hydroxyl groups is 1. The van der Waals surface area contributed by atoms with E-state index in [4.69, 9.17) is 11.6 Å². The van der Waals surface area contributed by atoms with Crippen molar-refractivity contribution in [2.75, 3.05) is 31.1 Å². The Labute approximate surface area is 193 Å². The molecule has 0 bridgehead atoms. The summed E-state index contributed by atoms with van der Waals surface area (Å²) in [7, 11) is -2.82. The predicted octanol–water partition coefficient (Wildman–Crippen LogP) is 4.59. The maximum atomic E-state index is 13.0. The van der Waals surface area contributed by atoms with Gasteiger partial charge in [-0.05, 0) is 74.1 Å². The average molecular weight is 494 g/mol. The first kappa shape index (κ1) is 24.3. The lowest BCUT2D eigenvalue weighted by atomic mass is 9.75. The fourth-order valence-corrected chi connectivity index (χ4v) is 8.55. The summed E-state index contributed by atoms with van der Waals surface area (Å²) in [5.41, 5.74) is -0.653. The number of hydrogen-bond donors (Lipinski definition) is 1. The first-order valence-electron chi connectivity index (χ1n) is 11.3. The molecule has 4 rings (SSSR count). The van der Waals surface area contributed by atoms with Gasteiger partial charge in [-0.2, -0.15) is 13.2 Å². The molecule has 4 nitrogen and oxygen atoms in total. The molecule has 3 aliphatic rings. The zero-order valence-electron chi connectivity index (χ0n) is 18.3. The van der Waals surface area contributed by atoms with Crippen molar-refractivity contribution >= 4 is 21.4 Å². The summed E-state index contributed by atoms with van der Waals surface area (Å²) in [5, 5.41) is 10.5. The monoisotopic (exact) mass is 493 g/mol. The van der Waals surface area contributed by atoms with Gasteiger partial charge in [-0.15, -0.1) is 0 Å². The Morgan fingerprint density at radius 3 is 2.44 bits per heavy atom. The second-order valence-corrected chi connectivity index (χ2v) is 13.0. The van der Waals surface area contributed by atoms with Gasteiger partial charge in [0.05, 0.1) is 11.5 Å². The van der Waals surface area contributed by atoms with Crippen molar-refractivity contribution in [2.45, 2.75) is 63.1 Å². The Hall–Kier alpha value is -0.830. The Balaban J connectivity index is 1.30. The molecular weight excluding hydrogens is 463 g/mol. The Morgan fingerprint density at radius 2 is 1.88 bits per heavy atom. The molecule has 1 N–H and O–H groups in total. The summed E-state index contributed by atoms with van der Waals surface area (Å²) in [4.78, 5) is 2.36. The molecule has 2 heterocycles. The number of nitrogens with zero attached hydrogens (tertiary/aromatic N) is 1. The highest BCUT2D eigenvalue weighted by molar-refractivity contribution is 7.92. The maximum Gasteiger partial charge on any atom is 0.417 e.